The van der Waals surface area contributed by atoms with Crippen LogP contribution in [0.2, 0.25) is 0 Å². The van der Waals surface area contributed by atoms with E-state index >= 15 is 0 Å². The number of rotatable bonds is 3. The molecule has 2 rings (SSSR count). The molecule has 0 aliphatic heterocycles. The van der Waals surface area contributed by atoms with E-state index in [4.69, 9.17) is 15.4 Å². The summed E-state index contributed by atoms with van der Waals surface area (Å²) in [5.41, 5.74) is 1.82. The summed E-state index contributed by atoms with van der Waals surface area (Å²) in [6.07, 6.45) is 1.30. The minimum absolute atomic E-state index is 0.633. The van der Waals surface area contributed by atoms with Crippen molar-refractivity contribution in [3.63, 3.8) is 0 Å². The number of ether oxygens (including phenoxy) is 1. The summed E-state index contributed by atoms with van der Waals surface area (Å²) in [6, 6.07) is 11.1. The van der Waals surface area contributed by atoms with Crippen LogP contribution < -0.4 is 4.74 Å². The number of nitrogens with zero attached hydrogens (tertiary/aromatic N) is 1. The molecular weight excluding hydrogens is 232 g/mol. The first-order valence-electron chi connectivity index (χ1n) is 5.02. The second-order valence-corrected chi connectivity index (χ2v) is 4.55. The van der Waals surface area contributed by atoms with Gasteiger partial charge in [-0.2, -0.15) is 5.26 Å². The van der Waals surface area contributed by atoms with E-state index in [1.807, 2.05) is 25.1 Å². The first-order chi connectivity index (χ1) is 8.22. The Labute approximate surface area is 103 Å². The van der Waals surface area contributed by atoms with Crippen LogP contribution in [0.15, 0.2) is 30.3 Å². The van der Waals surface area contributed by atoms with Crippen LogP contribution in [-0.2, 0) is 0 Å². The quantitative estimate of drug-likeness (QED) is 0.834. The van der Waals surface area contributed by atoms with E-state index in [0.717, 1.165) is 16.9 Å². The highest BCUT2D eigenvalue weighted by molar-refractivity contribution is 7.14. The Morgan fingerprint density at radius 2 is 2.18 bits per heavy atom. The summed E-state index contributed by atoms with van der Waals surface area (Å²) >= 11 is 1.32. The molecule has 0 aliphatic rings. The highest BCUT2D eigenvalue weighted by atomic mass is 32.1. The third-order valence-corrected chi connectivity index (χ3v) is 3.14. The Morgan fingerprint density at radius 1 is 1.35 bits per heavy atom. The van der Waals surface area contributed by atoms with Gasteiger partial charge < -0.3 is 10.1 Å². The molecule has 0 amide bonds. The van der Waals surface area contributed by atoms with E-state index in [0.29, 0.717) is 9.94 Å². The molecule has 1 aromatic heterocycles. The summed E-state index contributed by atoms with van der Waals surface area (Å²) in [7, 11) is 0. The van der Waals surface area contributed by atoms with Gasteiger partial charge in [-0.05, 0) is 48.4 Å². The molecule has 0 saturated carbocycles. The van der Waals surface area contributed by atoms with Crippen molar-refractivity contribution in [2.45, 2.75) is 6.92 Å². The fourth-order valence-corrected chi connectivity index (χ4v) is 2.09. The van der Waals surface area contributed by atoms with Gasteiger partial charge in [-0.1, -0.05) is 11.3 Å². The molecule has 4 heteroatoms. The van der Waals surface area contributed by atoms with Crippen LogP contribution in [0.1, 0.15) is 16.0 Å². The first kappa shape index (κ1) is 11.4. The van der Waals surface area contributed by atoms with E-state index in [-0.39, 0.29) is 0 Å². The van der Waals surface area contributed by atoms with Gasteiger partial charge in [-0.3, -0.25) is 0 Å². The van der Waals surface area contributed by atoms with Crippen LogP contribution >= 0.6 is 11.3 Å². The molecule has 2 aromatic rings. The van der Waals surface area contributed by atoms with E-state index in [9.17, 15) is 0 Å². The molecule has 0 aliphatic carbocycles. The zero-order chi connectivity index (χ0) is 12.3. The summed E-state index contributed by atoms with van der Waals surface area (Å²) in [4.78, 5) is 0.633. The fourth-order valence-electron chi connectivity index (χ4n) is 1.42. The number of nitrogens with one attached hydrogen (secondary N) is 1. The van der Waals surface area contributed by atoms with Gasteiger partial charge in [0.2, 0.25) is 0 Å². The first-order valence-corrected chi connectivity index (χ1v) is 5.83. The van der Waals surface area contributed by atoms with Crippen molar-refractivity contribution < 1.29 is 4.74 Å². The van der Waals surface area contributed by atoms with Gasteiger partial charge >= 0.3 is 0 Å². The van der Waals surface area contributed by atoms with Crippen molar-refractivity contribution in [3.05, 3.63) is 46.3 Å². The number of hydrogen-bond donors (Lipinski definition) is 1. The molecule has 0 spiro atoms. The normalized spacial score (nSPS) is 9.65. The van der Waals surface area contributed by atoms with Crippen LogP contribution in [0.4, 0.5) is 0 Å². The Hall–Kier alpha value is -2.12. The standard InChI is InChI=1S/C13H10N2OS/c1-9-6-10(7-14)2-4-12(9)16-13-5-3-11(8-15)17-13/h2-7,14H,1H3. The van der Waals surface area contributed by atoms with Crippen molar-refractivity contribution in [2.24, 2.45) is 0 Å². The van der Waals surface area contributed by atoms with Crippen molar-refractivity contribution in [2.75, 3.05) is 0 Å². The monoisotopic (exact) mass is 242 g/mol. The number of thiophene rings is 1. The number of benzene rings is 1. The molecule has 1 N–H and O–H groups in total. The second kappa shape index (κ2) is 4.81. The van der Waals surface area contributed by atoms with Crippen molar-refractivity contribution in [3.8, 4) is 16.9 Å². The minimum Gasteiger partial charge on any atom is -0.446 e. The molecule has 84 valence electrons. The van der Waals surface area contributed by atoms with Gasteiger partial charge in [0, 0.05) is 6.21 Å². The van der Waals surface area contributed by atoms with Crippen LogP contribution in [0.25, 0.3) is 0 Å². The van der Waals surface area contributed by atoms with Gasteiger partial charge in [-0.15, -0.1) is 0 Å². The third-order valence-electron chi connectivity index (χ3n) is 2.27. The number of aryl methyl sites for hydroxylation is 1. The SMILES string of the molecule is Cc1cc(C=N)ccc1Oc1ccc(C#N)s1. The maximum atomic E-state index is 8.72. The largest absolute Gasteiger partial charge is 0.446 e. The third kappa shape index (κ3) is 2.52. The molecule has 0 radical (unpaired) electrons. The Morgan fingerprint density at radius 3 is 2.76 bits per heavy atom. The lowest BCUT2D eigenvalue weighted by Crippen LogP contribution is -1.87. The average molecular weight is 242 g/mol. The van der Waals surface area contributed by atoms with Crippen LogP contribution in [0, 0.1) is 23.7 Å². The molecule has 17 heavy (non-hydrogen) atoms. The van der Waals surface area contributed by atoms with E-state index in [1.54, 1.807) is 12.1 Å². The molecular formula is C13H10N2OS. The highest BCUT2D eigenvalue weighted by Crippen LogP contribution is 2.31. The summed E-state index contributed by atoms with van der Waals surface area (Å²) in [6.45, 7) is 1.93. The zero-order valence-corrected chi connectivity index (χ0v) is 10.0. The molecule has 0 bridgehead atoms. The number of hydrogen-bond acceptors (Lipinski definition) is 4. The zero-order valence-electron chi connectivity index (χ0n) is 9.23. The second-order valence-electron chi connectivity index (χ2n) is 3.50. The van der Waals surface area contributed by atoms with E-state index < -0.39 is 0 Å². The van der Waals surface area contributed by atoms with Gasteiger partial charge in [0.15, 0.2) is 5.06 Å². The van der Waals surface area contributed by atoms with Gasteiger partial charge in [0.05, 0.1) is 0 Å². The molecule has 3 nitrogen and oxygen atoms in total. The summed E-state index contributed by atoms with van der Waals surface area (Å²) < 4.78 is 5.68. The Bertz CT molecular complexity index is 596. The van der Waals surface area contributed by atoms with Crippen molar-refractivity contribution in [1.29, 1.82) is 10.7 Å². The van der Waals surface area contributed by atoms with Gasteiger partial charge in [-0.25, -0.2) is 0 Å². The lowest BCUT2D eigenvalue weighted by Gasteiger charge is -2.06. The summed E-state index contributed by atoms with van der Waals surface area (Å²) in [5.74, 6) is 0.752. The number of nitriles is 1. The Balaban J connectivity index is 2.24. The smallest absolute Gasteiger partial charge is 0.182 e. The fraction of sp³-hybridized carbons (Fsp3) is 0.0769. The molecule has 1 heterocycles. The average Bonchev–Trinajstić information content (AvgIpc) is 2.79. The lowest BCUT2D eigenvalue weighted by molar-refractivity contribution is 0.492. The predicted octanol–water partition coefficient (Wildman–Crippen LogP) is 3.72. The molecule has 0 saturated heterocycles. The summed E-state index contributed by atoms with van der Waals surface area (Å²) in [5, 5.41) is 16.6. The van der Waals surface area contributed by atoms with Crippen LogP contribution in [0.5, 0.6) is 10.8 Å². The topological polar surface area (TPSA) is 56.9 Å². The lowest BCUT2D eigenvalue weighted by atomic mass is 10.1. The van der Waals surface area contributed by atoms with E-state index in [1.165, 1.54) is 17.6 Å². The van der Waals surface area contributed by atoms with Gasteiger partial charge in [0.25, 0.3) is 0 Å². The highest BCUT2D eigenvalue weighted by Gasteiger charge is 2.04. The molecule has 1 aromatic carbocycles. The van der Waals surface area contributed by atoms with Crippen molar-refractivity contribution >= 4 is 17.6 Å². The molecule has 0 unspecified atom stereocenters. The maximum Gasteiger partial charge on any atom is 0.182 e. The Kier molecular flexibility index (Phi) is 3.22. The van der Waals surface area contributed by atoms with E-state index in [2.05, 4.69) is 6.07 Å². The van der Waals surface area contributed by atoms with Gasteiger partial charge in [0.1, 0.15) is 16.7 Å². The van der Waals surface area contributed by atoms with Crippen molar-refractivity contribution in [1.82, 2.24) is 0 Å². The predicted molar refractivity (Wildman–Crippen MR) is 68.2 cm³/mol. The maximum absolute atomic E-state index is 8.72. The minimum atomic E-state index is 0.633. The molecule has 0 atom stereocenters. The van der Waals surface area contributed by atoms with Crippen LogP contribution in [-0.4, -0.2) is 6.21 Å². The molecule has 0 fully saturated rings. The van der Waals surface area contributed by atoms with Crippen LogP contribution in [0.3, 0.4) is 0 Å².